The summed E-state index contributed by atoms with van der Waals surface area (Å²) >= 11 is 6.13. The van der Waals surface area contributed by atoms with Gasteiger partial charge in [0.2, 0.25) is 15.9 Å². The number of halogens is 1. The third kappa shape index (κ3) is 5.35. The molecule has 1 aromatic carbocycles. The van der Waals surface area contributed by atoms with Crippen LogP contribution in [0.25, 0.3) is 0 Å². The Labute approximate surface area is 156 Å². The minimum Gasteiger partial charge on any atom is -0.342 e. The summed E-state index contributed by atoms with van der Waals surface area (Å²) in [5, 5.41) is 0.532. The molecule has 7 heteroatoms. The van der Waals surface area contributed by atoms with Crippen LogP contribution < -0.4 is 4.31 Å². The molecule has 0 unspecified atom stereocenters. The summed E-state index contributed by atoms with van der Waals surface area (Å²) in [5.41, 5.74) is 1.31. The summed E-state index contributed by atoms with van der Waals surface area (Å²) < 4.78 is 25.8. The van der Waals surface area contributed by atoms with Crippen LogP contribution in [0.1, 0.15) is 38.2 Å². The fourth-order valence-corrected chi connectivity index (χ4v) is 4.46. The van der Waals surface area contributed by atoms with Crippen LogP contribution in [0.2, 0.25) is 5.02 Å². The molecule has 1 fully saturated rings. The van der Waals surface area contributed by atoms with Crippen molar-refractivity contribution in [3.8, 4) is 0 Å². The molecular weight excluding hydrogens is 360 g/mol. The summed E-state index contributed by atoms with van der Waals surface area (Å²) in [6.07, 6.45) is 4.24. The lowest BCUT2D eigenvalue weighted by Crippen LogP contribution is -2.39. The zero-order valence-electron chi connectivity index (χ0n) is 15.2. The third-order valence-electron chi connectivity index (χ3n) is 4.67. The standard InChI is InChI=1S/C18H27ClN2O3S/c1-14-7-5-11-20(13-14)18(22)10-6-12-21(25(3,23)24)17-9-4-8-16(19)15(17)2/h4,8-9,14H,5-7,10-13H2,1-3H3/t14-/m1/s1. The molecule has 0 aromatic heterocycles. The second kappa shape index (κ2) is 8.41. The maximum atomic E-state index is 12.4. The predicted octanol–water partition coefficient (Wildman–Crippen LogP) is 3.45. The Bertz CT molecular complexity index is 721. The van der Waals surface area contributed by atoms with Gasteiger partial charge in [-0.2, -0.15) is 0 Å². The number of hydrogen-bond donors (Lipinski definition) is 0. The van der Waals surface area contributed by atoms with Crippen molar-refractivity contribution in [1.29, 1.82) is 0 Å². The minimum absolute atomic E-state index is 0.114. The average molecular weight is 387 g/mol. The minimum atomic E-state index is -3.44. The van der Waals surface area contributed by atoms with Crippen molar-refractivity contribution in [2.24, 2.45) is 5.92 Å². The van der Waals surface area contributed by atoms with E-state index in [4.69, 9.17) is 11.6 Å². The molecule has 0 saturated carbocycles. The molecule has 5 nitrogen and oxygen atoms in total. The van der Waals surface area contributed by atoms with Gasteiger partial charge in [0.1, 0.15) is 0 Å². The second-order valence-electron chi connectivity index (χ2n) is 6.91. The maximum absolute atomic E-state index is 12.4. The molecule has 1 aliphatic heterocycles. The fourth-order valence-electron chi connectivity index (χ4n) is 3.28. The molecule has 0 bridgehead atoms. The van der Waals surface area contributed by atoms with Crippen LogP contribution >= 0.6 is 11.6 Å². The highest BCUT2D eigenvalue weighted by Crippen LogP contribution is 2.28. The smallest absolute Gasteiger partial charge is 0.232 e. The Morgan fingerprint density at radius 1 is 1.40 bits per heavy atom. The van der Waals surface area contributed by atoms with Gasteiger partial charge in [-0.15, -0.1) is 0 Å². The highest BCUT2D eigenvalue weighted by atomic mass is 35.5. The molecule has 0 N–H and O–H groups in total. The zero-order valence-corrected chi connectivity index (χ0v) is 16.7. The molecule has 1 heterocycles. The normalized spacial score (nSPS) is 18.2. The van der Waals surface area contributed by atoms with Gasteiger partial charge in [0.25, 0.3) is 0 Å². The van der Waals surface area contributed by atoms with Gasteiger partial charge in [0.15, 0.2) is 0 Å². The van der Waals surface area contributed by atoms with Crippen LogP contribution in [0.15, 0.2) is 18.2 Å². The maximum Gasteiger partial charge on any atom is 0.232 e. The summed E-state index contributed by atoms with van der Waals surface area (Å²) in [6.45, 7) is 5.85. The number of carbonyl (C=O) groups is 1. The molecule has 1 atom stereocenters. The van der Waals surface area contributed by atoms with Crippen molar-refractivity contribution in [3.63, 3.8) is 0 Å². The van der Waals surface area contributed by atoms with Gasteiger partial charge >= 0.3 is 0 Å². The number of rotatable bonds is 6. The summed E-state index contributed by atoms with van der Waals surface area (Å²) in [5.74, 6) is 0.655. The molecule has 0 radical (unpaired) electrons. The predicted molar refractivity (Wildman–Crippen MR) is 103 cm³/mol. The van der Waals surface area contributed by atoms with Crippen LogP contribution in [0.4, 0.5) is 5.69 Å². The Morgan fingerprint density at radius 2 is 2.12 bits per heavy atom. The van der Waals surface area contributed by atoms with E-state index in [0.717, 1.165) is 25.1 Å². The van der Waals surface area contributed by atoms with Gasteiger partial charge in [-0.1, -0.05) is 24.6 Å². The van der Waals surface area contributed by atoms with Crippen molar-refractivity contribution >= 4 is 33.2 Å². The third-order valence-corrected chi connectivity index (χ3v) is 6.26. The number of nitrogens with zero attached hydrogens (tertiary/aromatic N) is 2. The number of anilines is 1. The van der Waals surface area contributed by atoms with Gasteiger partial charge in [-0.3, -0.25) is 9.10 Å². The topological polar surface area (TPSA) is 57.7 Å². The Balaban J connectivity index is 2.02. The van der Waals surface area contributed by atoms with Crippen LogP contribution in [0, 0.1) is 12.8 Å². The lowest BCUT2D eigenvalue weighted by Gasteiger charge is -2.31. The van der Waals surface area contributed by atoms with Crippen LogP contribution in [0.3, 0.4) is 0 Å². The van der Waals surface area contributed by atoms with Gasteiger partial charge in [0.05, 0.1) is 11.9 Å². The van der Waals surface area contributed by atoms with E-state index < -0.39 is 10.0 Å². The van der Waals surface area contributed by atoms with Crippen molar-refractivity contribution in [1.82, 2.24) is 4.90 Å². The van der Waals surface area contributed by atoms with E-state index in [1.165, 1.54) is 17.0 Å². The number of carbonyl (C=O) groups excluding carboxylic acids is 1. The lowest BCUT2D eigenvalue weighted by molar-refractivity contribution is -0.132. The number of sulfonamides is 1. The molecule has 0 aliphatic carbocycles. The van der Waals surface area contributed by atoms with E-state index >= 15 is 0 Å². The van der Waals surface area contributed by atoms with Crippen molar-refractivity contribution < 1.29 is 13.2 Å². The molecule has 0 spiro atoms. The molecule has 2 rings (SSSR count). The quantitative estimate of drug-likeness (QED) is 0.752. The SMILES string of the molecule is Cc1c(Cl)cccc1N(CCCC(=O)N1CCC[C@@H](C)C1)S(C)(=O)=O. The molecule has 1 amide bonds. The number of piperidine rings is 1. The first-order chi connectivity index (χ1) is 11.7. The average Bonchev–Trinajstić information content (AvgIpc) is 2.53. The summed E-state index contributed by atoms with van der Waals surface area (Å²) in [6, 6.07) is 5.22. The number of hydrogen-bond acceptors (Lipinski definition) is 3. The van der Waals surface area contributed by atoms with Crippen LogP contribution in [-0.2, 0) is 14.8 Å². The highest BCUT2D eigenvalue weighted by Gasteiger charge is 2.23. The van der Waals surface area contributed by atoms with E-state index in [1.54, 1.807) is 25.1 Å². The fraction of sp³-hybridized carbons (Fsp3) is 0.611. The number of likely N-dealkylation sites (tertiary alicyclic amines) is 1. The van der Waals surface area contributed by atoms with Crippen molar-refractivity contribution in [2.45, 2.75) is 39.5 Å². The second-order valence-corrected chi connectivity index (χ2v) is 9.22. The molecule has 25 heavy (non-hydrogen) atoms. The Morgan fingerprint density at radius 3 is 2.76 bits per heavy atom. The van der Waals surface area contributed by atoms with Crippen LogP contribution in [0.5, 0.6) is 0 Å². The molecule has 1 saturated heterocycles. The largest absolute Gasteiger partial charge is 0.342 e. The first-order valence-electron chi connectivity index (χ1n) is 8.70. The van der Waals surface area contributed by atoms with Crippen molar-refractivity contribution in [3.05, 3.63) is 28.8 Å². The van der Waals surface area contributed by atoms with E-state index in [9.17, 15) is 13.2 Å². The first-order valence-corrected chi connectivity index (χ1v) is 10.9. The van der Waals surface area contributed by atoms with Gasteiger partial charge in [-0.25, -0.2) is 8.42 Å². The monoisotopic (exact) mass is 386 g/mol. The van der Waals surface area contributed by atoms with E-state index in [0.29, 0.717) is 29.5 Å². The zero-order chi connectivity index (χ0) is 18.6. The van der Waals surface area contributed by atoms with Crippen molar-refractivity contribution in [2.75, 3.05) is 30.2 Å². The lowest BCUT2D eigenvalue weighted by atomic mass is 10.00. The molecule has 140 valence electrons. The summed E-state index contributed by atoms with van der Waals surface area (Å²) in [7, 11) is -3.44. The molecular formula is C18H27ClN2O3S. The van der Waals surface area contributed by atoms with Gasteiger partial charge in [-0.05, 0) is 49.8 Å². The first kappa shape index (κ1) is 20.0. The summed E-state index contributed by atoms with van der Waals surface area (Å²) in [4.78, 5) is 14.3. The Hall–Kier alpha value is -1.27. The van der Waals surface area contributed by atoms with E-state index in [-0.39, 0.29) is 12.5 Å². The molecule has 1 aromatic rings. The molecule has 1 aliphatic rings. The van der Waals surface area contributed by atoms with Gasteiger partial charge in [0, 0.05) is 31.1 Å². The van der Waals surface area contributed by atoms with Gasteiger partial charge < -0.3 is 4.90 Å². The van der Waals surface area contributed by atoms with Crippen LogP contribution in [-0.4, -0.2) is 45.1 Å². The number of amides is 1. The van der Waals surface area contributed by atoms with E-state index in [2.05, 4.69) is 6.92 Å². The number of benzene rings is 1. The Kier molecular flexibility index (Phi) is 6.74. The highest BCUT2D eigenvalue weighted by molar-refractivity contribution is 7.92. The van der Waals surface area contributed by atoms with E-state index in [1.807, 2.05) is 4.90 Å².